The van der Waals surface area contributed by atoms with Crippen molar-refractivity contribution in [1.29, 1.82) is 0 Å². The summed E-state index contributed by atoms with van der Waals surface area (Å²) in [6.45, 7) is 3.97. The highest BCUT2D eigenvalue weighted by molar-refractivity contribution is 5.82. The Labute approximate surface area is 150 Å². The first-order valence-electron chi connectivity index (χ1n) is 9.75. The van der Waals surface area contributed by atoms with Gasteiger partial charge < -0.3 is 20.3 Å². The highest BCUT2D eigenvalue weighted by Gasteiger charge is 2.38. The molecule has 3 fully saturated rings. The van der Waals surface area contributed by atoms with Crippen molar-refractivity contribution in [3.8, 4) is 0 Å². The van der Waals surface area contributed by atoms with Gasteiger partial charge in [-0.25, -0.2) is 0 Å². The molecule has 4 rings (SSSR count). The molecule has 3 atom stereocenters. The molecule has 1 aromatic carbocycles. The highest BCUT2D eigenvalue weighted by atomic mass is 16.5. The number of amides is 1. The van der Waals surface area contributed by atoms with E-state index in [0.717, 1.165) is 32.7 Å². The maximum absolute atomic E-state index is 12.6. The van der Waals surface area contributed by atoms with Crippen molar-refractivity contribution < 1.29 is 9.53 Å². The lowest BCUT2D eigenvalue weighted by atomic mass is 9.85. The van der Waals surface area contributed by atoms with Crippen LogP contribution in [0.25, 0.3) is 0 Å². The molecule has 1 amide bonds. The van der Waals surface area contributed by atoms with E-state index in [1.54, 1.807) is 0 Å². The Bertz CT molecular complexity index is 586. The molecular formula is C20H29N3O2. The van der Waals surface area contributed by atoms with Crippen LogP contribution in [-0.4, -0.2) is 44.3 Å². The summed E-state index contributed by atoms with van der Waals surface area (Å²) in [5.41, 5.74) is 2.41. The van der Waals surface area contributed by atoms with E-state index in [9.17, 15) is 4.79 Å². The third-order valence-corrected chi connectivity index (χ3v) is 5.98. The zero-order valence-corrected chi connectivity index (χ0v) is 14.9. The topological polar surface area (TPSA) is 53.6 Å². The Kier molecular flexibility index (Phi) is 5.22. The average molecular weight is 343 g/mol. The molecule has 1 aromatic rings. The van der Waals surface area contributed by atoms with Crippen LogP contribution in [0.15, 0.2) is 24.3 Å². The van der Waals surface area contributed by atoms with E-state index in [1.165, 1.54) is 36.9 Å². The number of hydrogen-bond donors (Lipinski definition) is 2. The lowest BCUT2D eigenvalue weighted by molar-refractivity contribution is -0.123. The summed E-state index contributed by atoms with van der Waals surface area (Å²) in [5.74, 6) is 0.858. The average Bonchev–Trinajstić information content (AvgIpc) is 3.11. The highest BCUT2D eigenvalue weighted by Crippen LogP contribution is 2.33. The molecule has 3 aliphatic rings. The third kappa shape index (κ3) is 3.82. The zero-order chi connectivity index (χ0) is 17.1. The van der Waals surface area contributed by atoms with Gasteiger partial charge in [0.2, 0.25) is 5.91 Å². The minimum Gasteiger partial charge on any atom is -0.378 e. The first kappa shape index (κ1) is 16.9. The number of anilines is 1. The number of para-hydroxylation sites is 1. The summed E-state index contributed by atoms with van der Waals surface area (Å²) in [6.07, 6.45) is 6.14. The first-order chi connectivity index (χ1) is 12.3. The molecule has 2 aliphatic heterocycles. The van der Waals surface area contributed by atoms with Crippen LogP contribution in [0.3, 0.4) is 0 Å². The van der Waals surface area contributed by atoms with Gasteiger partial charge in [0.05, 0.1) is 19.3 Å². The molecule has 0 radical (unpaired) electrons. The van der Waals surface area contributed by atoms with E-state index in [0.29, 0.717) is 18.5 Å². The van der Waals surface area contributed by atoms with Crippen LogP contribution in [0.2, 0.25) is 0 Å². The molecule has 1 aliphatic carbocycles. The van der Waals surface area contributed by atoms with Gasteiger partial charge in [0, 0.05) is 31.4 Å². The quantitative estimate of drug-likeness (QED) is 0.879. The number of ether oxygens (including phenoxy) is 1. The summed E-state index contributed by atoms with van der Waals surface area (Å²) < 4.78 is 5.45. The van der Waals surface area contributed by atoms with Crippen molar-refractivity contribution in [2.24, 2.45) is 5.92 Å². The fourth-order valence-electron chi connectivity index (χ4n) is 4.60. The molecule has 0 aromatic heterocycles. The summed E-state index contributed by atoms with van der Waals surface area (Å²) in [6, 6.07) is 8.93. The molecule has 2 heterocycles. The number of rotatable bonds is 4. The zero-order valence-electron chi connectivity index (χ0n) is 14.9. The van der Waals surface area contributed by atoms with Crippen LogP contribution in [0, 0.1) is 5.92 Å². The Morgan fingerprint density at radius 3 is 2.84 bits per heavy atom. The fraction of sp³-hybridized carbons (Fsp3) is 0.650. The predicted octanol–water partition coefficient (Wildman–Crippen LogP) is 2.06. The summed E-state index contributed by atoms with van der Waals surface area (Å²) in [7, 11) is 0. The predicted molar refractivity (Wildman–Crippen MR) is 98.6 cm³/mol. The lowest BCUT2D eigenvalue weighted by Gasteiger charge is -2.30. The minimum atomic E-state index is -0.0105. The van der Waals surface area contributed by atoms with Gasteiger partial charge in [0.1, 0.15) is 0 Å². The molecule has 5 nitrogen and oxygen atoms in total. The largest absolute Gasteiger partial charge is 0.378 e. The van der Waals surface area contributed by atoms with Crippen molar-refractivity contribution in [1.82, 2.24) is 10.6 Å². The Balaban J connectivity index is 1.36. The monoisotopic (exact) mass is 343 g/mol. The van der Waals surface area contributed by atoms with Crippen LogP contribution in [0.5, 0.6) is 0 Å². The number of fused-ring (bicyclic) bond motifs is 1. The standard InChI is InChI=1S/C20H29N3O2/c24-20(18-13-15-5-1-3-7-17(15)22-18)21-14-16-6-2-4-8-19(16)23-9-11-25-12-10-23/h2,4,6,8,15,17-18,22H,1,3,5,7,9-14H2,(H,21,24). The Morgan fingerprint density at radius 1 is 1.20 bits per heavy atom. The number of benzene rings is 1. The second kappa shape index (κ2) is 7.75. The van der Waals surface area contributed by atoms with Crippen molar-refractivity contribution in [3.63, 3.8) is 0 Å². The molecule has 0 spiro atoms. The van der Waals surface area contributed by atoms with E-state index < -0.39 is 0 Å². The molecule has 25 heavy (non-hydrogen) atoms. The summed E-state index contributed by atoms with van der Waals surface area (Å²) in [4.78, 5) is 15.0. The number of carbonyl (C=O) groups excluding carboxylic acids is 1. The number of morpholine rings is 1. The SMILES string of the molecule is O=C(NCc1ccccc1N1CCOCC1)C1CC2CCCCC2N1. The first-order valence-corrected chi connectivity index (χ1v) is 9.75. The van der Waals surface area contributed by atoms with Crippen LogP contribution in [0.1, 0.15) is 37.7 Å². The molecule has 1 saturated carbocycles. The number of carbonyl (C=O) groups is 1. The van der Waals surface area contributed by atoms with Crippen molar-refractivity contribution in [2.45, 2.75) is 50.7 Å². The van der Waals surface area contributed by atoms with Crippen molar-refractivity contribution in [2.75, 3.05) is 31.2 Å². The van der Waals surface area contributed by atoms with Gasteiger partial charge in [-0.2, -0.15) is 0 Å². The van der Waals surface area contributed by atoms with Crippen LogP contribution in [0.4, 0.5) is 5.69 Å². The molecule has 2 N–H and O–H groups in total. The molecule has 2 saturated heterocycles. The summed E-state index contributed by atoms with van der Waals surface area (Å²) >= 11 is 0. The smallest absolute Gasteiger partial charge is 0.237 e. The van der Waals surface area contributed by atoms with Crippen molar-refractivity contribution >= 4 is 11.6 Å². The lowest BCUT2D eigenvalue weighted by Crippen LogP contribution is -2.43. The maximum Gasteiger partial charge on any atom is 0.237 e. The number of nitrogens with one attached hydrogen (secondary N) is 2. The second-order valence-electron chi connectivity index (χ2n) is 7.55. The molecule has 136 valence electrons. The maximum atomic E-state index is 12.6. The third-order valence-electron chi connectivity index (χ3n) is 5.98. The van der Waals surface area contributed by atoms with E-state index >= 15 is 0 Å². The van der Waals surface area contributed by atoms with E-state index in [2.05, 4.69) is 33.7 Å². The van der Waals surface area contributed by atoms with Gasteiger partial charge in [0.15, 0.2) is 0 Å². The van der Waals surface area contributed by atoms with Gasteiger partial charge in [-0.15, -0.1) is 0 Å². The normalized spacial score (nSPS) is 29.3. The minimum absolute atomic E-state index is 0.0105. The Morgan fingerprint density at radius 2 is 2.00 bits per heavy atom. The Hall–Kier alpha value is -1.59. The van der Waals surface area contributed by atoms with E-state index in [1.807, 2.05) is 6.07 Å². The van der Waals surface area contributed by atoms with E-state index in [-0.39, 0.29) is 11.9 Å². The van der Waals surface area contributed by atoms with Gasteiger partial charge in [-0.3, -0.25) is 4.79 Å². The molecule has 3 unspecified atom stereocenters. The summed E-state index contributed by atoms with van der Waals surface area (Å²) in [5, 5.41) is 6.74. The van der Waals surface area contributed by atoms with E-state index in [4.69, 9.17) is 4.74 Å². The number of hydrogen-bond acceptors (Lipinski definition) is 4. The van der Waals surface area contributed by atoms with Crippen LogP contribution >= 0.6 is 0 Å². The van der Waals surface area contributed by atoms with Crippen LogP contribution < -0.4 is 15.5 Å². The van der Waals surface area contributed by atoms with Crippen LogP contribution in [-0.2, 0) is 16.1 Å². The fourth-order valence-corrected chi connectivity index (χ4v) is 4.60. The van der Waals surface area contributed by atoms with Gasteiger partial charge in [-0.1, -0.05) is 31.0 Å². The molecule has 0 bridgehead atoms. The second-order valence-corrected chi connectivity index (χ2v) is 7.55. The van der Waals surface area contributed by atoms with Gasteiger partial charge in [0.25, 0.3) is 0 Å². The molecule has 5 heteroatoms. The van der Waals surface area contributed by atoms with Gasteiger partial charge in [-0.05, 0) is 36.8 Å². The van der Waals surface area contributed by atoms with Gasteiger partial charge >= 0.3 is 0 Å². The molecular weight excluding hydrogens is 314 g/mol. The number of nitrogens with zero attached hydrogens (tertiary/aromatic N) is 1. The van der Waals surface area contributed by atoms with Crippen molar-refractivity contribution in [3.05, 3.63) is 29.8 Å².